The maximum atomic E-state index is 14.0. The quantitative estimate of drug-likeness (QED) is 0.351. The van der Waals surface area contributed by atoms with Gasteiger partial charge >= 0.3 is 0 Å². The summed E-state index contributed by atoms with van der Waals surface area (Å²) < 4.78 is 21.2. The fourth-order valence-electron chi connectivity index (χ4n) is 3.19. The van der Waals surface area contributed by atoms with Gasteiger partial charge in [0.15, 0.2) is 23.4 Å². The van der Waals surface area contributed by atoms with Gasteiger partial charge in [-0.3, -0.25) is 4.99 Å². The topological polar surface area (TPSA) is 76.4 Å². The van der Waals surface area contributed by atoms with E-state index in [4.69, 9.17) is 4.74 Å². The van der Waals surface area contributed by atoms with Crippen LogP contribution >= 0.6 is 24.0 Å². The lowest BCUT2D eigenvalue weighted by atomic mass is 10.1. The van der Waals surface area contributed by atoms with Gasteiger partial charge in [0.1, 0.15) is 5.82 Å². The summed E-state index contributed by atoms with van der Waals surface area (Å²) in [7, 11) is 1.73. The van der Waals surface area contributed by atoms with Gasteiger partial charge in [-0.05, 0) is 31.0 Å². The fourth-order valence-corrected chi connectivity index (χ4v) is 3.19. The number of hydrogen-bond acceptors (Lipinski definition) is 4. The number of guanidine groups is 1. The Hall–Kier alpha value is -1.91. The summed E-state index contributed by atoms with van der Waals surface area (Å²) in [5, 5.41) is 11.3. The highest BCUT2D eigenvalue weighted by molar-refractivity contribution is 14.0. The first-order valence-corrected chi connectivity index (χ1v) is 9.82. The SMILES string of the molecule is CCOc1ccc(CNC(=NC)NC2CCc3nc(C(C)C)nn3C2)cc1F.I. The van der Waals surface area contributed by atoms with Gasteiger partial charge in [-0.1, -0.05) is 19.9 Å². The van der Waals surface area contributed by atoms with Crippen molar-refractivity contribution in [1.29, 1.82) is 0 Å². The van der Waals surface area contributed by atoms with E-state index in [1.54, 1.807) is 13.1 Å². The first-order valence-electron chi connectivity index (χ1n) is 9.82. The number of benzene rings is 1. The second-order valence-corrected chi connectivity index (χ2v) is 7.23. The predicted octanol–water partition coefficient (Wildman–Crippen LogP) is 3.24. The zero-order valence-electron chi connectivity index (χ0n) is 17.4. The van der Waals surface area contributed by atoms with Crippen LogP contribution < -0.4 is 15.4 Å². The molecule has 160 valence electrons. The molecule has 2 N–H and O–H groups in total. The van der Waals surface area contributed by atoms with Crippen molar-refractivity contribution in [1.82, 2.24) is 25.4 Å². The normalized spacial score (nSPS) is 16.2. The van der Waals surface area contributed by atoms with Crippen molar-refractivity contribution in [2.75, 3.05) is 13.7 Å². The van der Waals surface area contributed by atoms with Crippen LogP contribution in [0.15, 0.2) is 23.2 Å². The van der Waals surface area contributed by atoms with Crippen molar-refractivity contribution in [2.24, 2.45) is 4.99 Å². The molecule has 0 bridgehead atoms. The van der Waals surface area contributed by atoms with Crippen LogP contribution in [0.2, 0.25) is 0 Å². The number of aromatic nitrogens is 3. The summed E-state index contributed by atoms with van der Waals surface area (Å²) in [4.78, 5) is 8.91. The number of halogens is 2. The van der Waals surface area contributed by atoms with Crippen molar-refractivity contribution in [3.8, 4) is 5.75 Å². The highest BCUT2D eigenvalue weighted by Crippen LogP contribution is 2.19. The number of hydrogen-bond donors (Lipinski definition) is 2. The molecule has 3 rings (SSSR count). The Balaban J connectivity index is 0.00000300. The molecule has 2 heterocycles. The van der Waals surface area contributed by atoms with E-state index < -0.39 is 0 Å². The zero-order valence-corrected chi connectivity index (χ0v) is 19.7. The minimum atomic E-state index is -0.351. The molecule has 1 aliphatic rings. The standard InChI is InChI=1S/C20H29FN6O.HI/c1-5-28-17-8-6-14(10-16(17)21)11-23-20(22-4)24-15-7-9-18-25-19(13(2)3)26-27(18)12-15;/h6,8,10,13,15H,5,7,9,11-12H2,1-4H3,(H2,22,23,24);1H. The smallest absolute Gasteiger partial charge is 0.191 e. The molecule has 1 aliphatic heterocycles. The number of fused-ring (bicyclic) bond motifs is 1. The Morgan fingerprint density at radius 2 is 2.21 bits per heavy atom. The van der Waals surface area contributed by atoms with Crippen LogP contribution in [-0.2, 0) is 19.5 Å². The Morgan fingerprint density at radius 1 is 1.41 bits per heavy atom. The van der Waals surface area contributed by atoms with Crippen LogP contribution in [0.1, 0.15) is 50.3 Å². The van der Waals surface area contributed by atoms with E-state index in [9.17, 15) is 4.39 Å². The largest absolute Gasteiger partial charge is 0.491 e. The van der Waals surface area contributed by atoms with E-state index in [-0.39, 0.29) is 41.6 Å². The molecule has 0 fully saturated rings. The monoisotopic (exact) mass is 516 g/mol. The first-order chi connectivity index (χ1) is 13.5. The van der Waals surface area contributed by atoms with Gasteiger partial charge in [0, 0.05) is 32.0 Å². The third kappa shape index (κ3) is 6.03. The van der Waals surface area contributed by atoms with E-state index in [0.29, 0.717) is 25.0 Å². The number of rotatable bonds is 6. The van der Waals surface area contributed by atoms with E-state index in [1.165, 1.54) is 6.07 Å². The molecule has 1 atom stereocenters. The summed E-state index contributed by atoms with van der Waals surface area (Å²) in [6.45, 7) is 7.72. The van der Waals surface area contributed by atoms with E-state index in [0.717, 1.165) is 36.6 Å². The van der Waals surface area contributed by atoms with Crippen LogP contribution in [0.25, 0.3) is 0 Å². The molecular formula is C20H30FIN6O. The van der Waals surface area contributed by atoms with E-state index in [2.05, 4.69) is 39.6 Å². The Labute approximate surface area is 188 Å². The second kappa shape index (κ2) is 10.7. The maximum absolute atomic E-state index is 14.0. The maximum Gasteiger partial charge on any atom is 0.191 e. The van der Waals surface area contributed by atoms with Gasteiger partial charge in [-0.15, -0.1) is 24.0 Å². The molecule has 0 aliphatic carbocycles. The molecule has 1 aromatic carbocycles. The average molecular weight is 516 g/mol. The highest BCUT2D eigenvalue weighted by Gasteiger charge is 2.23. The van der Waals surface area contributed by atoms with Crippen LogP contribution in [0.3, 0.4) is 0 Å². The fraction of sp³-hybridized carbons (Fsp3) is 0.550. The third-order valence-electron chi connectivity index (χ3n) is 4.71. The van der Waals surface area contributed by atoms with Gasteiger partial charge in [0.05, 0.1) is 13.2 Å². The number of nitrogens with one attached hydrogen (secondary N) is 2. The molecule has 0 radical (unpaired) electrons. The predicted molar refractivity (Wildman–Crippen MR) is 123 cm³/mol. The van der Waals surface area contributed by atoms with Gasteiger partial charge in [-0.2, -0.15) is 5.10 Å². The molecule has 9 heteroatoms. The Kier molecular flexibility index (Phi) is 8.66. The molecule has 29 heavy (non-hydrogen) atoms. The van der Waals surface area contributed by atoms with Crippen LogP contribution in [0.5, 0.6) is 5.75 Å². The number of ether oxygens (including phenoxy) is 1. The molecule has 1 unspecified atom stereocenters. The van der Waals surface area contributed by atoms with Crippen molar-refractivity contribution < 1.29 is 9.13 Å². The first kappa shape index (κ1) is 23.4. The minimum absolute atomic E-state index is 0. The number of aliphatic imine (C=N–C) groups is 1. The lowest BCUT2D eigenvalue weighted by Gasteiger charge is -2.25. The molecule has 0 amide bonds. The van der Waals surface area contributed by atoms with Crippen LogP contribution in [-0.4, -0.2) is 40.4 Å². The summed E-state index contributed by atoms with van der Waals surface area (Å²) in [5.41, 5.74) is 0.827. The van der Waals surface area contributed by atoms with Gasteiger partial charge in [-0.25, -0.2) is 14.1 Å². The van der Waals surface area contributed by atoms with E-state index >= 15 is 0 Å². The minimum Gasteiger partial charge on any atom is -0.491 e. The summed E-state index contributed by atoms with van der Waals surface area (Å²) in [6.07, 6.45) is 1.85. The molecule has 7 nitrogen and oxygen atoms in total. The number of aryl methyl sites for hydroxylation is 1. The average Bonchev–Trinajstić information content (AvgIpc) is 3.11. The van der Waals surface area contributed by atoms with Crippen molar-refractivity contribution in [3.05, 3.63) is 41.2 Å². The molecular weight excluding hydrogens is 486 g/mol. The van der Waals surface area contributed by atoms with E-state index in [1.807, 2.05) is 17.7 Å². The summed E-state index contributed by atoms with van der Waals surface area (Å²) >= 11 is 0. The molecule has 0 spiro atoms. The van der Waals surface area contributed by atoms with Crippen molar-refractivity contribution in [2.45, 2.75) is 58.7 Å². The van der Waals surface area contributed by atoms with Crippen LogP contribution in [0.4, 0.5) is 4.39 Å². The van der Waals surface area contributed by atoms with Gasteiger partial charge in [0.2, 0.25) is 0 Å². The van der Waals surface area contributed by atoms with Gasteiger partial charge in [0.25, 0.3) is 0 Å². The Morgan fingerprint density at radius 3 is 2.86 bits per heavy atom. The third-order valence-corrected chi connectivity index (χ3v) is 4.71. The zero-order chi connectivity index (χ0) is 20.1. The molecule has 2 aromatic rings. The lowest BCUT2D eigenvalue weighted by Crippen LogP contribution is -2.46. The van der Waals surface area contributed by atoms with Gasteiger partial charge < -0.3 is 15.4 Å². The van der Waals surface area contributed by atoms with Crippen molar-refractivity contribution >= 4 is 29.9 Å². The lowest BCUT2D eigenvalue weighted by molar-refractivity contribution is 0.321. The van der Waals surface area contributed by atoms with Crippen LogP contribution in [0, 0.1) is 5.82 Å². The highest BCUT2D eigenvalue weighted by atomic mass is 127. The van der Waals surface area contributed by atoms with Crippen molar-refractivity contribution in [3.63, 3.8) is 0 Å². The molecule has 0 saturated carbocycles. The Bertz CT molecular complexity index is 838. The molecule has 0 saturated heterocycles. The summed E-state index contributed by atoms with van der Waals surface area (Å²) in [5.74, 6) is 2.89. The number of nitrogens with zero attached hydrogens (tertiary/aromatic N) is 4. The summed E-state index contributed by atoms with van der Waals surface area (Å²) in [6, 6.07) is 5.22. The second-order valence-electron chi connectivity index (χ2n) is 7.23. The molecule has 1 aromatic heterocycles.